The molecule has 0 saturated heterocycles. The van der Waals surface area contributed by atoms with Gasteiger partial charge in [0.05, 0.1) is 11.3 Å². The Kier molecular flexibility index (Phi) is 4.39. The molecule has 0 spiro atoms. The maximum Gasteiger partial charge on any atom is 0.316 e. The Labute approximate surface area is 119 Å². The van der Waals surface area contributed by atoms with E-state index in [1.807, 2.05) is 13.8 Å². The van der Waals surface area contributed by atoms with E-state index in [1.54, 1.807) is 24.3 Å². The first-order chi connectivity index (χ1) is 9.50. The van der Waals surface area contributed by atoms with Crippen LogP contribution in [0.2, 0.25) is 0 Å². The van der Waals surface area contributed by atoms with Crippen molar-refractivity contribution in [1.82, 2.24) is 15.0 Å². The van der Waals surface area contributed by atoms with Gasteiger partial charge >= 0.3 is 5.97 Å². The van der Waals surface area contributed by atoms with Crippen molar-refractivity contribution in [3.63, 3.8) is 0 Å². The zero-order valence-electron chi connectivity index (χ0n) is 11.2. The van der Waals surface area contributed by atoms with Gasteiger partial charge in [-0.05, 0) is 18.1 Å². The van der Waals surface area contributed by atoms with Crippen LogP contribution in [0.5, 0.6) is 0 Å². The van der Waals surface area contributed by atoms with Crippen LogP contribution in [0, 0.1) is 5.92 Å². The Bertz CT molecular complexity index is 684. The molecule has 6 nitrogen and oxygen atoms in total. The fourth-order valence-electron chi connectivity index (χ4n) is 1.81. The summed E-state index contributed by atoms with van der Waals surface area (Å²) < 4.78 is 1.20. The molecular weight excluding hydrogens is 278 g/mol. The van der Waals surface area contributed by atoms with E-state index in [1.165, 1.54) is 16.4 Å². The molecule has 7 heteroatoms. The Balaban J connectivity index is 2.24. The maximum atomic E-state index is 12.2. The highest BCUT2D eigenvalue weighted by Gasteiger charge is 2.22. The zero-order chi connectivity index (χ0) is 14.7. The van der Waals surface area contributed by atoms with E-state index in [0.29, 0.717) is 10.9 Å². The van der Waals surface area contributed by atoms with Gasteiger partial charge in [-0.15, -0.1) is 16.9 Å². The van der Waals surface area contributed by atoms with Gasteiger partial charge in [0, 0.05) is 0 Å². The van der Waals surface area contributed by atoms with Crippen LogP contribution in [0.4, 0.5) is 0 Å². The second kappa shape index (κ2) is 6.04. The quantitative estimate of drug-likeness (QED) is 0.901. The smallest absolute Gasteiger partial charge is 0.316 e. The lowest BCUT2D eigenvalue weighted by Gasteiger charge is -2.15. The number of aromatic nitrogens is 3. The second-order valence-electron chi connectivity index (χ2n) is 4.71. The van der Waals surface area contributed by atoms with Crippen LogP contribution >= 0.6 is 11.8 Å². The number of aliphatic carboxylic acids is 1. The van der Waals surface area contributed by atoms with Crippen LogP contribution < -0.4 is 5.56 Å². The molecule has 2 rings (SSSR count). The summed E-state index contributed by atoms with van der Waals surface area (Å²) in [6.45, 7) is 3.67. The van der Waals surface area contributed by atoms with Crippen LogP contribution in [0.25, 0.3) is 10.9 Å². The Morgan fingerprint density at radius 3 is 2.75 bits per heavy atom. The number of hydrogen-bond donors (Lipinski definition) is 1. The molecule has 0 aliphatic carbocycles. The molecule has 1 aromatic carbocycles. The molecule has 106 valence electrons. The van der Waals surface area contributed by atoms with E-state index in [0.717, 1.165) is 0 Å². The van der Waals surface area contributed by atoms with E-state index in [4.69, 9.17) is 5.11 Å². The molecular formula is C13H15N3O3S. The Hall–Kier alpha value is -1.89. The summed E-state index contributed by atoms with van der Waals surface area (Å²) >= 11 is 1.17. The number of carboxylic acid groups (broad SMARTS) is 1. The summed E-state index contributed by atoms with van der Waals surface area (Å²) in [5.74, 6) is -0.736. The molecule has 1 N–H and O–H groups in total. The van der Waals surface area contributed by atoms with Crippen molar-refractivity contribution in [3.05, 3.63) is 34.6 Å². The van der Waals surface area contributed by atoms with Crippen molar-refractivity contribution in [3.8, 4) is 0 Å². The summed E-state index contributed by atoms with van der Waals surface area (Å²) in [6.07, 6.45) is 0. The lowest BCUT2D eigenvalue weighted by atomic mass is 10.1. The SMILES string of the molecule is CC(C)C(SCn1nnc2ccccc2c1=O)C(=O)O. The van der Waals surface area contributed by atoms with Crippen molar-refractivity contribution in [1.29, 1.82) is 0 Å². The minimum Gasteiger partial charge on any atom is -0.480 e. The Morgan fingerprint density at radius 2 is 2.10 bits per heavy atom. The van der Waals surface area contributed by atoms with Crippen molar-refractivity contribution < 1.29 is 9.90 Å². The van der Waals surface area contributed by atoms with Gasteiger partial charge in [0.1, 0.15) is 10.8 Å². The van der Waals surface area contributed by atoms with Crippen LogP contribution in [0.3, 0.4) is 0 Å². The minimum absolute atomic E-state index is 0.0263. The molecule has 0 saturated carbocycles. The largest absolute Gasteiger partial charge is 0.480 e. The van der Waals surface area contributed by atoms with Crippen molar-refractivity contribution in [2.24, 2.45) is 5.92 Å². The standard InChI is InChI=1S/C13H15N3O3S/c1-8(2)11(13(18)19)20-7-16-12(17)9-5-3-4-6-10(9)14-15-16/h3-6,8,11H,7H2,1-2H3,(H,18,19). The number of fused-ring (bicyclic) bond motifs is 1. The molecule has 2 aromatic rings. The molecule has 0 fully saturated rings. The van der Waals surface area contributed by atoms with Crippen molar-refractivity contribution in [2.75, 3.05) is 0 Å². The van der Waals surface area contributed by atoms with E-state index in [9.17, 15) is 9.59 Å². The van der Waals surface area contributed by atoms with Gasteiger partial charge in [-0.1, -0.05) is 31.2 Å². The number of benzene rings is 1. The van der Waals surface area contributed by atoms with Gasteiger partial charge in [-0.2, -0.15) is 0 Å². The van der Waals surface area contributed by atoms with E-state index < -0.39 is 11.2 Å². The summed E-state index contributed by atoms with van der Waals surface area (Å²) in [5.41, 5.74) is 0.286. The fourth-order valence-corrected chi connectivity index (χ4v) is 2.81. The third-order valence-electron chi connectivity index (χ3n) is 2.85. The first-order valence-corrected chi connectivity index (χ1v) is 7.22. The molecule has 1 aromatic heterocycles. The molecule has 1 atom stereocenters. The molecule has 20 heavy (non-hydrogen) atoms. The number of carbonyl (C=O) groups is 1. The number of hydrogen-bond acceptors (Lipinski definition) is 5. The van der Waals surface area contributed by atoms with Gasteiger partial charge in [0.25, 0.3) is 5.56 Å². The van der Waals surface area contributed by atoms with Crippen LogP contribution in [0.15, 0.2) is 29.1 Å². The number of carboxylic acids is 1. The molecule has 0 aliphatic rings. The summed E-state index contributed by atoms with van der Waals surface area (Å²) in [4.78, 5) is 23.3. The first-order valence-electron chi connectivity index (χ1n) is 6.17. The predicted molar refractivity (Wildman–Crippen MR) is 77.7 cm³/mol. The molecule has 0 amide bonds. The van der Waals surface area contributed by atoms with Crippen LogP contribution in [-0.2, 0) is 10.7 Å². The van der Waals surface area contributed by atoms with Crippen LogP contribution in [0.1, 0.15) is 13.8 Å². The topological polar surface area (TPSA) is 85.1 Å². The average molecular weight is 293 g/mol. The van der Waals surface area contributed by atoms with Crippen molar-refractivity contribution >= 4 is 28.6 Å². The molecule has 1 unspecified atom stereocenters. The second-order valence-corrected chi connectivity index (χ2v) is 5.81. The van der Waals surface area contributed by atoms with Gasteiger partial charge in [-0.3, -0.25) is 9.59 Å². The van der Waals surface area contributed by atoms with Gasteiger partial charge in [0.15, 0.2) is 0 Å². The molecule has 0 aliphatic heterocycles. The van der Waals surface area contributed by atoms with Gasteiger partial charge in [-0.25, -0.2) is 4.68 Å². The minimum atomic E-state index is -0.883. The van der Waals surface area contributed by atoms with E-state index >= 15 is 0 Å². The number of nitrogens with zero attached hydrogens (tertiary/aromatic N) is 3. The van der Waals surface area contributed by atoms with Crippen LogP contribution in [-0.4, -0.2) is 31.3 Å². The fraction of sp³-hybridized carbons (Fsp3) is 0.385. The molecule has 1 heterocycles. The molecule has 0 radical (unpaired) electrons. The zero-order valence-corrected chi connectivity index (χ0v) is 12.0. The summed E-state index contributed by atoms with van der Waals surface area (Å²) in [5, 5.41) is 16.8. The third kappa shape index (κ3) is 2.98. The lowest BCUT2D eigenvalue weighted by molar-refractivity contribution is -0.137. The number of rotatable bonds is 5. The van der Waals surface area contributed by atoms with Gasteiger partial charge < -0.3 is 5.11 Å². The highest BCUT2D eigenvalue weighted by atomic mass is 32.2. The third-order valence-corrected chi connectivity index (χ3v) is 4.35. The normalized spacial score (nSPS) is 12.8. The monoisotopic (exact) mass is 293 g/mol. The summed E-state index contributed by atoms with van der Waals surface area (Å²) in [6, 6.07) is 6.95. The first kappa shape index (κ1) is 14.5. The predicted octanol–water partition coefficient (Wildman–Crippen LogP) is 1.59. The number of thioether (sulfide) groups is 1. The average Bonchev–Trinajstić information content (AvgIpc) is 2.41. The molecule has 0 bridgehead atoms. The van der Waals surface area contributed by atoms with E-state index in [2.05, 4.69) is 10.3 Å². The highest BCUT2D eigenvalue weighted by molar-refractivity contribution is 7.99. The lowest BCUT2D eigenvalue weighted by Crippen LogP contribution is -2.27. The summed E-state index contributed by atoms with van der Waals surface area (Å²) in [7, 11) is 0. The van der Waals surface area contributed by atoms with Gasteiger partial charge in [0.2, 0.25) is 0 Å². The van der Waals surface area contributed by atoms with Crippen molar-refractivity contribution in [2.45, 2.75) is 25.0 Å². The maximum absolute atomic E-state index is 12.2. The Morgan fingerprint density at radius 1 is 1.40 bits per heavy atom. The van der Waals surface area contributed by atoms with E-state index in [-0.39, 0.29) is 17.4 Å². The highest BCUT2D eigenvalue weighted by Crippen LogP contribution is 2.20.